The van der Waals surface area contributed by atoms with Crippen molar-refractivity contribution in [1.82, 2.24) is 5.32 Å². The number of rotatable bonds is 6. The summed E-state index contributed by atoms with van der Waals surface area (Å²) in [5, 5.41) is 13.8. The van der Waals surface area contributed by atoms with Gasteiger partial charge in [-0.3, -0.25) is 4.79 Å². The number of carbonyl (C=O) groups excluding carboxylic acids is 1. The highest BCUT2D eigenvalue weighted by molar-refractivity contribution is 7.99. The van der Waals surface area contributed by atoms with Gasteiger partial charge in [-0.05, 0) is 24.6 Å². The van der Waals surface area contributed by atoms with Crippen LogP contribution in [-0.2, 0) is 15.3 Å². The topological polar surface area (TPSA) is 58.6 Å². The number of hydrogen-bond acceptors (Lipinski definition) is 4. The van der Waals surface area contributed by atoms with Crippen molar-refractivity contribution in [2.45, 2.75) is 30.8 Å². The van der Waals surface area contributed by atoms with Crippen LogP contribution in [0.1, 0.15) is 18.9 Å². The first-order valence-electron chi connectivity index (χ1n) is 6.92. The third-order valence-electron chi connectivity index (χ3n) is 3.64. The molecule has 0 saturated carbocycles. The summed E-state index contributed by atoms with van der Waals surface area (Å²) in [6, 6.07) is 7.60. The van der Waals surface area contributed by atoms with Crippen molar-refractivity contribution < 1.29 is 14.6 Å². The summed E-state index contributed by atoms with van der Waals surface area (Å²) in [5.74, 6) is 1.02. The minimum Gasteiger partial charge on any atom is -0.385 e. The first kappa shape index (κ1) is 16.6. The molecule has 1 aliphatic heterocycles. The molecule has 6 heteroatoms. The predicted molar refractivity (Wildman–Crippen MR) is 85.6 cm³/mol. The van der Waals surface area contributed by atoms with Crippen molar-refractivity contribution in [3.8, 4) is 0 Å². The van der Waals surface area contributed by atoms with E-state index in [1.807, 2.05) is 31.2 Å². The number of halogens is 1. The maximum atomic E-state index is 11.8. The minimum absolute atomic E-state index is 0.0745. The Morgan fingerprint density at radius 1 is 1.62 bits per heavy atom. The number of benzene rings is 1. The van der Waals surface area contributed by atoms with Crippen LogP contribution in [0.15, 0.2) is 24.3 Å². The fourth-order valence-electron chi connectivity index (χ4n) is 2.19. The van der Waals surface area contributed by atoms with Gasteiger partial charge in [0.05, 0.1) is 11.9 Å². The summed E-state index contributed by atoms with van der Waals surface area (Å²) < 4.78 is 5.33. The van der Waals surface area contributed by atoms with Gasteiger partial charge in [-0.1, -0.05) is 23.7 Å². The summed E-state index contributed by atoms with van der Waals surface area (Å²) in [4.78, 5) is 11.8. The monoisotopic (exact) mass is 329 g/mol. The zero-order valence-electron chi connectivity index (χ0n) is 12.0. The van der Waals surface area contributed by atoms with E-state index in [2.05, 4.69) is 5.32 Å². The van der Waals surface area contributed by atoms with Crippen LogP contribution in [0.5, 0.6) is 0 Å². The van der Waals surface area contributed by atoms with Gasteiger partial charge in [0.1, 0.15) is 5.60 Å². The highest BCUT2D eigenvalue weighted by atomic mass is 35.5. The smallest absolute Gasteiger partial charge is 0.230 e. The van der Waals surface area contributed by atoms with Crippen molar-refractivity contribution in [1.29, 1.82) is 0 Å². The van der Waals surface area contributed by atoms with Gasteiger partial charge in [0, 0.05) is 30.3 Å². The number of thioether (sulfide) groups is 1. The summed E-state index contributed by atoms with van der Waals surface area (Å²) in [6.07, 6.45) is 0.321. The van der Waals surface area contributed by atoms with E-state index in [1.165, 1.54) is 11.8 Å². The highest BCUT2D eigenvalue weighted by Crippen LogP contribution is 2.24. The molecule has 21 heavy (non-hydrogen) atoms. The maximum Gasteiger partial charge on any atom is 0.230 e. The molecule has 0 radical (unpaired) electrons. The van der Waals surface area contributed by atoms with E-state index in [0.717, 1.165) is 11.3 Å². The Kier molecular flexibility index (Phi) is 5.93. The first-order valence-corrected chi connectivity index (χ1v) is 8.46. The van der Waals surface area contributed by atoms with Gasteiger partial charge >= 0.3 is 0 Å². The molecule has 2 atom stereocenters. The molecule has 0 spiro atoms. The molecule has 2 rings (SSSR count). The van der Waals surface area contributed by atoms with Crippen molar-refractivity contribution in [2.75, 3.05) is 18.9 Å². The standard InChI is InChI=1S/C15H20ClNO3S/c1-11-15(19,5-6-20-11)10-17-14(18)9-21-8-12-3-2-4-13(16)7-12/h2-4,7,11,19H,5-6,8-10H2,1H3,(H,17,18). The number of hydrogen-bond donors (Lipinski definition) is 2. The summed E-state index contributed by atoms with van der Waals surface area (Å²) >= 11 is 7.43. The molecular formula is C15H20ClNO3S. The number of carbonyl (C=O) groups is 1. The third-order valence-corrected chi connectivity index (χ3v) is 4.88. The van der Waals surface area contributed by atoms with E-state index in [0.29, 0.717) is 23.8 Å². The minimum atomic E-state index is -0.937. The van der Waals surface area contributed by atoms with Gasteiger partial charge in [0.25, 0.3) is 0 Å². The molecule has 1 heterocycles. The van der Waals surface area contributed by atoms with Crippen molar-refractivity contribution in [3.63, 3.8) is 0 Å². The molecule has 0 bridgehead atoms. The second kappa shape index (κ2) is 7.49. The molecular weight excluding hydrogens is 310 g/mol. The van der Waals surface area contributed by atoms with E-state index in [4.69, 9.17) is 16.3 Å². The predicted octanol–water partition coefficient (Wildman–Crippen LogP) is 2.23. The molecule has 4 nitrogen and oxygen atoms in total. The average Bonchev–Trinajstić information content (AvgIpc) is 2.77. The summed E-state index contributed by atoms with van der Waals surface area (Å²) in [7, 11) is 0. The zero-order chi connectivity index (χ0) is 15.3. The Labute approximate surface area is 134 Å². The van der Waals surface area contributed by atoms with Crippen LogP contribution >= 0.6 is 23.4 Å². The molecule has 1 aromatic carbocycles. The van der Waals surface area contributed by atoms with Crippen molar-refractivity contribution in [3.05, 3.63) is 34.9 Å². The lowest BCUT2D eigenvalue weighted by Crippen LogP contribution is -2.47. The lowest BCUT2D eigenvalue weighted by Gasteiger charge is -2.26. The fraction of sp³-hybridized carbons (Fsp3) is 0.533. The molecule has 1 saturated heterocycles. The second-order valence-electron chi connectivity index (χ2n) is 5.27. The summed E-state index contributed by atoms with van der Waals surface area (Å²) in [5.41, 5.74) is 0.157. The molecule has 116 valence electrons. The van der Waals surface area contributed by atoms with E-state index >= 15 is 0 Å². The molecule has 2 N–H and O–H groups in total. The second-order valence-corrected chi connectivity index (χ2v) is 6.69. The third kappa shape index (κ3) is 4.88. The average molecular weight is 330 g/mol. The summed E-state index contributed by atoms with van der Waals surface area (Å²) in [6.45, 7) is 2.61. The molecule has 0 aliphatic carbocycles. The molecule has 1 aliphatic rings. The van der Waals surface area contributed by atoms with Gasteiger partial charge in [-0.15, -0.1) is 11.8 Å². The van der Waals surface area contributed by atoms with Crippen LogP contribution in [0, 0.1) is 0 Å². The fourth-order valence-corrected chi connectivity index (χ4v) is 3.21. The van der Waals surface area contributed by atoms with E-state index in [-0.39, 0.29) is 18.6 Å². The number of aliphatic hydroxyl groups is 1. The van der Waals surface area contributed by atoms with Gasteiger partial charge < -0.3 is 15.2 Å². The van der Waals surface area contributed by atoms with Crippen molar-refractivity contribution >= 4 is 29.3 Å². The van der Waals surface area contributed by atoms with Crippen molar-refractivity contribution in [2.24, 2.45) is 0 Å². The Hall–Kier alpha value is -0.750. The lowest BCUT2D eigenvalue weighted by atomic mass is 9.97. The van der Waals surface area contributed by atoms with Gasteiger partial charge in [0.2, 0.25) is 5.91 Å². The van der Waals surface area contributed by atoms with E-state index in [9.17, 15) is 9.90 Å². The Morgan fingerprint density at radius 2 is 2.43 bits per heavy atom. The van der Waals surface area contributed by atoms with Gasteiger partial charge in [-0.25, -0.2) is 0 Å². The van der Waals surface area contributed by atoms with Crippen LogP contribution in [0.4, 0.5) is 0 Å². The molecule has 1 fully saturated rings. The van der Waals surface area contributed by atoms with Crippen LogP contribution in [0.25, 0.3) is 0 Å². The van der Waals surface area contributed by atoms with E-state index in [1.54, 1.807) is 0 Å². The SMILES string of the molecule is CC1OCCC1(O)CNC(=O)CSCc1cccc(Cl)c1. The van der Waals surface area contributed by atoms with Crippen LogP contribution in [0.3, 0.4) is 0 Å². The van der Waals surface area contributed by atoms with Crippen LogP contribution < -0.4 is 5.32 Å². The number of amides is 1. The largest absolute Gasteiger partial charge is 0.385 e. The quantitative estimate of drug-likeness (QED) is 0.840. The molecule has 1 amide bonds. The Bertz CT molecular complexity index is 500. The maximum absolute atomic E-state index is 11.8. The normalized spacial score (nSPS) is 25.0. The zero-order valence-corrected chi connectivity index (χ0v) is 13.5. The molecule has 1 aromatic rings. The highest BCUT2D eigenvalue weighted by Gasteiger charge is 2.39. The van der Waals surface area contributed by atoms with Crippen LogP contribution in [-0.4, -0.2) is 41.6 Å². The van der Waals surface area contributed by atoms with E-state index < -0.39 is 5.60 Å². The Morgan fingerprint density at radius 3 is 3.10 bits per heavy atom. The van der Waals surface area contributed by atoms with Crippen LogP contribution in [0.2, 0.25) is 5.02 Å². The van der Waals surface area contributed by atoms with Gasteiger partial charge in [-0.2, -0.15) is 0 Å². The number of ether oxygens (including phenoxy) is 1. The van der Waals surface area contributed by atoms with Gasteiger partial charge in [0.15, 0.2) is 0 Å². The Balaban J connectivity index is 1.68. The lowest BCUT2D eigenvalue weighted by molar-refractivity contribution is -0.120. The molecule has 2 unspecified atom stereocenters. The number of nitrogens with one attached hydrogen (secondary N) is 1. The molecule has 0 aromatic heterocycles. The first-order chi connectivity index (χ1) is 9.99.